The van der Waals surface area contributed by atoms with Crippen molar-refractivity contribution in [3.05, 3.63) is 0 Å². The van der Waals surface area contributed by atoms with Crippen molar-refractivity contribution in [2.24, 2.45) is 10.7 Å². The van der Waals surface area contributed by atoms with Crippen LogP contribution in [-0.2, 0) is 0 Å². The van der Waals surface area contributed by atoms with E-state index in [0.717, 1.165) is 6.42 Å². The van der Waals surface area contributed by atoms with Gasteiger partial charge in [-0.2, -0.15) is 0 Å². The molecule has 0 saturated heterocycles. The minimum atomic E-state index is -0.930. The molecule has 0 aliphatic heterocycles. The topological polar surface area (TPSA) is 50.4 Å². The number of nitrogens with zero attached hydrogens (tertiary/aromatic N) is 1. The third-order valence-electron chi connectivity index (χ3n) is 3.55. The van der Waals surface area contributed by atoms with Crippen molar-refractivity contribution in [3.8, 4) is 0 Å². The lowest BCUT2D eigenvalue weighted by Gasteiger charge is -2.33. The molecular weight excluding hydrogens is 193 g/mol. The van der Waals surface area contributed by atoms with Gasteiger partial charge in [0.2, 0.25) is 0 Å². The average Bonchev–Trinajstić information content (AvgIpc) is 2.09. The van der Waals surface area contributed by atoms with Crippen LogP contribution in [0.15, 0.2) is 4.99 Å². The first kappa shape index (κ1) is 10.7. The highest BCUT2D eigenvalue weighted by Crippen LogP contribution is 2.38. The van der Waals surface area contributed by atoms with E-state index >= 15 is 0 Å². The monoisotopic (exact) mass is 213 g/mol. The molecule has 2 rings (SSSR count). The molecule has 0 heterocycles. The molecule has 0 spiro atoms. The summed E-state index contributed by atoms with van der Waals surface area (Å²) in [4.78, 5) is 4.16. The second-order valence-electron chi connectivity index (χ2n) is 4.79. The number of nitrogens with one attached hydrogen (secondary N) is 1. The lowest BCUT2D eigenvalue weighted by atomic mass is 9.80. The van der Waals surface area contributed by atoms with E-state index in [1.54, 1.807) is 0 Å². The molecule has 86 valence electrons. The Bertz CT molecular complexity index is 244. The van der Waals surface area contributed by atoms with E-state index < -0.39 is 5.67 Å². The second-order valence-corrected chi connectivity index (χ2v) is 4.79. The Morgan fingerprint density at radius 2 is 2.13 bits per heavy atom. The summed E-state index contributed by atoms with van der Waals surface area (Å²) in [6.07, 6.45) is 6.61. The van der Waals surface area contributed by atoms with Crippen LogP contribution < -0.4 is 11.1 Å². The van der Waals surface area contributed by atoms with Gasteiger partial charge in [-0.3, -0.25) is 4.99 Å². The number of alkyl halides is 1. The van der Waals surface area contributed by atoms with Crippen LogP contribution in [0.4, 0.5) is 4.39 Å². The molecule has 4 heteroatoms. The molecule has 2 saturated carbocycles. The van der Waals surface area contributed by atoms with Crippen LogP contribution in [0.3, 0.4) is 0 Å². The van der Waals surface area contributed by atoms with Crippen molar-refractivity contribution in [1.82, 2.24) is 5.32 Å². The van der Waals surface area contributed by atoms with Gasteiger partial charge < -0.3 is 11.1 Å². The SMILES string of the molecule is NC(=NCCC1(F)CCC1)NC1CCC1. The maximum absolute atomic E-state index is 13.6. The van der Waals surface area contributed by atoms with Gasteiger partial charge in [-0.15, -0.1) is 0 Å². The Labute approximate surface area is 90.3 Å². The Morgan fingerprint density at radius 3 is 2.60 bits per heavy atom. The standard InChI is InChI=1S/C11H20FN3/c12-11(5-2-6-11)7-8-14-10(13)15-9-3-1-4-9/h9H,1-8H2,(H3,13,14,15). The van der Waals surface area contributed by atoms with E-state index in [1.807, 2.05) is 0 Å². The fourth-order valence-corrected chi connectivity index (χ4v) is 1.99. The van der Waals surface area contributed by atoms with Crippen LogP contribution in [0.5, 0.6) is 0 Å². The first-order chi connectivity index (χ1) is 7.18. The van der Waals surface area contributed by atoms with Gasteiger partial charge in [0.15, 0.2) is 5.96 Å². The van der Waals surface area contributed by atoms with Crippen LogP contribution in [0.25, 0.3) is 0 Å². The fourth-order valence-electron chi connectivity index (χ4n) is 1.99. The molecule has 0 amide bonds. The minimum Gasteiger partial charge on any atom is -0.370 e. The third kappa shape index (κ3) is 2.83. The number of nitrogens with two attached hydrogens (primary N) is 1. The number of rotatable bonds is 4. The second kappa shape index (κ2) is 4.37. The van der Waals surface area contributed by atoms with Gasteiger partial charge in [0.25, 0.3) is 0 Å². The summed E-state index contributed by atoms with van der Waals surface area (Å²) in [7, 11) is 0. The fraction of sp³-hybridized carbons (Fsp3) is 0.909. The van der Waals surface area contributed by atoms with Crippen molar-refractivity contribution in [1.29, 1.82) is 0 Å². The molecule has 3 N–H and O–H groups in total. The molecule has 0 radical (unpaired) electrons. The summed E-state index contributed by atoms with van der Waals surface area (Å²) >= 11 is 0. The van der Waals surface area contributed by atoms with E-state index in [0.29, 0.717) is 37.8 Å². The zero-order valence-corrected chi connectivity index (χ0v) is 9.14. The molecule has 2 fully saturated rings. The smallest absolute Gasteiger partial charge is 0.188 e. The highest BCUT2D eigenvalue weighted by atomic mass is 19.1. The molecule has 0 bridgehead atoms. The predicted molar refractivity (Wildman–Crippen MR) is 59.6 cm³/mol. The van der Waals surface area contributed by atoms with Gasteiger partial charge in [-0.25, -0.2) is 4.39 Å². The molecule has 0 aromatic heterocycles. The zero-order valence-electron chi connectivity index (χ0n) is 9.14. The van der Waals surface area contributed by atoms with Crippen molar-refractivity contribution in [2.75, 3.05) is 6.54 Å². The van der Waals surface area contributed by atoms with Crippen molar-refractivity contribution >= 4 is 5.96 Å². The highest BCUT2D eigenvalue weighted by Gasteiger charge is 2.36. The molecule has 2 aliphatic carbocycles. The molecule has 15 heavy (non-hydrogen) atoms. The quantitative estimate of drug-likeness (QED) is 0.552. The summed E-state index contributed by atoms with van der Waals surface area (Å²) in [6.45, 7) is 0.516. The highest BCUT2D eigenvalue weighted by molar-refractivity contribution is 5.78. The van der Waals surface area contributed by atoms with Crippen LogP contribution >= 0.6 is 0 Å². The van der Waals surface area contributed by atoms with Gasteiger partial charge in [0, 0.05) is 19.0 Å². The lowest BCUT2D eigenvalue weighted by molar-refractivity contribution is 0.0568. The van der Waals surface area contributed by atoms with Crippen molar-refractivity contribution in [3.63, 3.8) is 0 Å². The summed E-state index contributed by atoms with van der Waals surface area (Å²) in [5, 5.41) is 3.14. The molecule has 0 aromatic carbocycles. The van der Waals surface area contributed by atoms with Crippen LogP contribution in [0, 0.1) is 0 Å². The number of hydrogen-bond acceptors (Lipinski definition) is 1. The number of hydrogen-bond donors (Lipinski definition) is 2. The summed E-state index contributed by atoms with van der Waals surface area (Å²) in [5.41, 5.74) is 4.76. The number of guanidine groups is 1. The van der Waals surface area contributed by atoms with Crippen molar-refractivity contribution < 1.29 is 4.39 Å². The number of aliphatic imine (C=N–C) groups is 1. The Kier molecular flexibility index (Phi) is 3.12. The largest absolute Gasteiger partial charge is 0.370 e. The summed E-state index contributed by atoms with van der Waals surface area (Å²) < 4.78 is 13.6. The summed E-state index contributed by atoms with van der Waals surface area (Å²) in [6, 6.07) is 0.511. The lowest BCUT2D eigenvalue weighted by Crippen LogP contribution is -2.44. The molecule has 3 nitrogen and oxygen atoms in total. The first-order valence-electron chi connectivity index (χ1n) is 5.93. The molecule has 2 aliphatic rings. The van der Waals surface area contributed by atoms with Gasteiger partial charge in [-0.05, 0) is 38.5 Å². The maximum Gasteiger partial charge on any atom is 0.188 e. The molecular formula is C11H20FN3. The summed E-state index contributed by atoms with van der Waals surface area (Å²) in [5.74, 6) is 0.489. The normalized spacial score (nSPS) is 25.5. The van der Waals surface area contributed by atoms with Crippen LogP contribution in [0.1, 0.15) is 44.9 Å². The minimum absolute atomic E-state index is 0.489. The van der Waals surface area contributed by atoms with E-state index in [9.17, 15) is 4.39 Å². The van der Waals surface area contributed by atoms with Crippen molar-refractivity contribution in [2.45, 2.75) is 56.7 Å². The van der Waals surface area contributed by atoms with Gasteiger partial charge in [0.05, 0.1) is 0 Å². The molecule has 0 aromatic rings. The van der Waals surface area contributed by atoms with Crippen LogP contribution in [0.2, 0.25) is 0 Å². The van der Waals surface area contributed by atoms with Gasteiger partial charge in [0.1, 0.15) is 5.67 Å². The zero-order chi connectivity index (χ0) is 10.7. The number of halogens is 1. The Morgan fingerprint density at radius 1 is 1.40 bits per heavy atom. The van der Waals surface area contributed by atoms with E-state index in [1.165, 1.54) is 19.3 Å². The van der Waals surface area contributed by atoms with E-state index in [2.05, 4.69) is 10.3 Å². The average molecular weight is 213 g/mol. The Hall–Kier alpha value is -0.800. The van der Waals surface area contributed by atoms with Gasteiger partial charge >= 0.3 is 0 Å². The maximum atomic E-state index is 13.6. The third-order valence-corrected chi connectivity index (χ3v) is 3.55. The van der Waals surface area contributed by atoms with Crippen LogP contribution in [-0.4, -0.2) is 24.2 Å². The first-order valence-corrected chi connectivity index (χ1v) is 5.93. The Balaban J connectivity index is 1.63. The van der Waals surface area contributed by atoms with Gasteiger partial charge in [-0.1, -0.05) is 0 Å². The molecule has 0 atom stereocenters. The predicted octanol–water partition coefficient (Wildman–Crippen LogP) is 1.73. The van der Waals surface area contributed by atoms with E-state index in [4.69, 9.17) is 5.73 Å². The van der Waals surface area contributed by atoms with E-state index in [-0.39, 0.29) is 0 Å². The molecule has 0 unspecified atom stereocenters.